The number of nitrogens with zero attached hydrogens (tertiary/aromatic N) is 1. The van der Waals surface area contributed by atoms with Gasteiger partial charge in [-0.3, -0.25) is 4.79 Å². The van der Waals surface area contributed by atoms with Gasteiger partial charge < -0.3 is 4.90 Å². The molecule has 1 rings (SSSR count). The Balaban J connectivity index is 2.94. The summed E-state index contributed by atoms with van der Waals surface area (Å²) < 4.78 is 51.2. The van der Waals surface area contributed by atoms with Crippen molar-refractivity contribution in [2.24, 2.45) is 0 Å². The predicted molar refractivity (Wildman–Crippen MR) is 67.8 cm³/mol. The minimum Gasteiger partial charge on any atom is -0.342 e. The maximum absolute atomic E-state index is 13.5. The summed E-state index contributed by atoms with van der Waals surface area (Å²) in [6.45, 7) is 3.84. The van der Waals surface area contributed by atoms with Crippen molar-refractivity contribution >= 4 is 5.91 Å². The van der Waals surface area contributed by atoms with E-state index in [4.69, 9.17) is 0 Å². The van der Waals surface area contributed by atoms with Gasteiger partial charge in [0, 0.05) is 13.6 Å². The molecule has 0 spiro atoms. The van der Waals surface area contributed by atoms with Gasteiger partial charge in [0.15, 0.2) is 0 Å². The summed E-state index contributed by atoms with van der Waals surface area (Å²) in [7, 11) is 1.42. The van der Waals surface area contributed by atoms with Crippen LogP contribution in [0.25, 0.3) is 0 Å². The molecule has 0 bridgehead atoms. The Bertz CT molecular complexity index is 496. The zero-order chi connectivity index (χ0) is 15.3. The van der Waals surface area contributed by atoms with E-state index in [0.29, 0.717) is 37.6 Å². The summed E-state index contributed by atoms with van der Waals surface area (Å²) in [5, 5.41) is 0. The number of hydrogen-bond donors (Lipinski definition) is 0. The second-order valence-electron chi connectivity index (χ2n) is 4.35. The average molecular weight is 289 g/mol. The van der Waals surface area contributed by atoms with Crippen molar-refractivity contribution in [3.05, 3.63) is 47.8 Å². The molecule has 1 aromatic carbocycles. The fourth-order valence-corrected chi connectivity index (χ4v) is 1.65. The maximum Gasteiger partial charge on any atom is 0.416 e. The molecule has 6 heteroatoms. The van der Waals surface area contributed by atoms with Crippen LogP contribution in [-0.2, 0) is 6.18 Å². The largest absolute Gasteiger partial charge is 0.416 e. The Labute approximate surface area is 114 Å². The van der Waals surface area contributed by atoms with Gasteiger partial charge in [-0.2, -0.15) is 13.2 Å². The number of benzene rings is 1. The van der Waals surface area contributed by atoms with E-state index in [0.717, 1.165) is 0 Å². The zero-order valence-corrected chi connectivity index (χ0v) is 11.0. The van der Waals surface area contributed by atoms with Gasteiger partial charge in [0.05, 0.1) is 11.1 Å². The van der Waals surface area contributed by atoms with Crippen molar-refractivity contribution < 1.29 is 22.4 Å². The van der Waals surface area contributed by atoms with Crippen LogP contribution >= 0.6 is 0 Å². The lowest BCUT2D eigenvalue weighted by molar-refractivity contribution is -0.137. The van der Waals surface area contributed by atoms with Crippen LogP contribution in [0, 0.1) is 5.82 Å². The van der Waals surface area contributed by atoms with Gasteiger partial charge in [0.2, 0.25) is 0 Å². The fraction of sp³-hybridized carbons (Fsp3) is 0.357. The summed E-state index contributed by atoms with van der Waals surface area (Å²) in [6.07, 6.45) is -1.65. The molecule has 2 nitrogen and oxygen atoms in total. The topological polar surface area (TPSA) is 20.3 Å². The van der Waals surface area contributed by atoms with Crippen molar-refractivity contribution in [2.75, 3.05) is 13.6 Å². The third-order valence-corrected chi connectivity index (χ3v) is 2.77. The van der Waals surface area contributed by atoms with Crippen LogP contribution in [-0.4, -0.2) is 24.4 Å². The van der Waals surface area contributed by atoms with Crippen LogP contribution in [0.5, 0.6) is 0 Å². The third-order valence-electron chi connectivity index (χ3n) is 2.77. The molecule has 20 heavy (non-hydrogen) atoms. The first-order valence-corrected chi connectivity index (χ1v) is 6.00. The summed E-state index contributed by atoms with van der Waals surface area (Å²) in [4.78, 5) is 13.1. The average Bonchev–Trinajstić information content (AvgIpc) is 2.37. The Morgan fingerprint density at radius 2 is 2.05 bits per heavy atom. The van der Waals surface area contributed by atoms with Crippen molar-refractivity contribution in [2.45, 2.75) is 19.0 Å². The van der Waals surface area contributed by atoms with Gasteiger partial charge in [-0.25, -0.2) is 4.39 Å². The van der Waals surface area contributed by atoms with E-state index >= 15 is 0 Å². The Hall–Kier alpha value is -1.85. The highest BCUT2D eigenvalue weighted by molar-refractivity contribution is 5.94. The van der Waals surface area contributed by atoms with Crippen molar-refractivity contribution in [3.8, 4) is 0 Å². The van der Waals surface area contributed by atoms with E-state index in [1.54, 1.807) is 6.08 Å². The molecule has 0 saturated carbocycles. The van der Waals surface area contributed by atoms with Crippen LogP contribution < -0.4 is 0 Å². The molecule has 110 valence electrons. The third kappa shape index (κ3) is 4.08. The Kier molecular flexibility index (Phi) is 5.30. The highest BCUT2D eigenvalue weighted by Gasteiger charge is 2.32. The molecule has 0 heterocycles. The summed E-state index contributed by atoms with van der Waals surface area (Å²) in [5.74, 6) is -1.73. The monoisotopic (exact) mass is 289 g/mol. The molecule has 0 unspecified atom stereocenters. The van der Waals surface area contributed by atoms with Crippen LogP contribution in [0.4, 0.5) is 17.6 Å². The number of halogens is 4. The highest BCUT2D eigenvalue weighted by Crippen LogP contribution is 2.30. The molecule has 0 aromatic heterocycles. The minimum atomic E-state index is -4.61. The van der Waals surface area contributed by atoms with E-state index in [2.05, 4.69) is 6.58 Å². The van der Waals surface area contributed by atoms with E-state index in [1.165, 1.54) is 11.9 Å². The normalized spacial score (nSPS) is 11.2. The molecule has 1 amide bonds. The molecule has 0 N–H and O–H groups in total. The lowest BCUT2D eigenvalue weighted by atomic mass is 10.1. The van der Waals surface area contributed by atoms with Crippen LogP contribution in [0.2, 0.25) is 0 Å². The summed E-state index contributed by atoms with van der Waals surface area (Å²) >= 11 is 0. The zero-order valence-electron chi connectivity index (χ0n) is 11.0. The minimum absolute atomic E-state index is 0.320. The molecule has 0 atom stereocenters. The number of amides is 1. The quantitative estimate of drug-likeness (QED) is 0.457. The molecule has 0 radical (unpaired) electrons. The van der Waals surface area contributed by atoms with Crippen LogP contribution in [0.3, 0.4) is 0 Å². The standard InChI is InChI=1S/C14H15F4NO/c1-3-4-5-8-19(2)13(20)11-9-10(14(16,17)18)6-7-12(11)15/h3,6-7,9H,1,4-5,8H2,2H3. The van der Waals surface area contributed by atoms with Gasteiger partial charge in [-0.1, -0.05) is 6.08 Å². The molecule has 0 aliphatic rings. The van der Waals surface area contributed by atoms with Crippen LogP contribution in [0.1, 0.15) is 28.8 Å². The van der Waals surface area contributed by atoms with Crippen molar-refractivity contribution in [1.29, 1.82) is 0 Å². The fourth-order valence-electron chi connectivity index (χ4n) is 1.65. The highest BCUT2D eigenvalue weighted by atomic mass is 19.4. The summed E-state index contributed by atoms with van der Waals surface area (Å²) in [6, 6.07) is 1.82. The summed E-state index contributed by atoms with van der Waals surface area (Å²) in [5.41, 5.74) is -1.61. The number of carbonyl (C=O) groups is 1. The van der Waals surface area contributed by atoms with E-state index < -0.39 is 29.0 Å². The molecule has 0 saturated heterocycles. The number of alkyl halides is 3. The second-order valence-corrected chi connectivity index (χ2v) is 4.35. The first-order chi connectivity index (χ1) is 9.27. The van der Waals surface area contributed by atoms with E-state index in [9.17, 15) is 22.4 Å². The lowest BCUT2D eigenvalue weighted by Crippen LogP contribution is -2.28. The Morgan fingerprint density at radius 1 is 1.40 bits per heavy atom. The molecule has 1 aromatic rings. The molecular weight excluding hydrogens is 274 g/mol. The molecule has 0 fully saturated rings. The second kappa shape index (κ2) is 6.54. The smallest absolute Gasteiger partial charge is 0.342 e. The van der Waals surface area contributed by atoms with Gasteiger partial charge in [-0.05, 0) is 31.0 Å². The van der Waals surface area contributed by atoms with E-state index in [-0.39, 0.29) is 0 Å². The van der Waals surface area contributed by atoms with E-state index in [1.807, 2.05) is 0 Å². The Morgan fingerprint density at radius 3 is 2.60 bits per heavy atom. The predicted octanol–water partition coefficient (Wildman–Crippen LogP) is 3.88. The lowest BCUT2D eigenvalue weighted by Gasteiger charge is -2.18. The molecule has 0 aliphatic heterocycles. The van der Waals surface area contributed by atoms with Gasteiger partial charge >= 0.3 is 6.18 Å². The SMILES string of the molecule is C=CCCCN(C)C(=O)c1cc(C(F)(F)F)ccc1F. The van der Waals surface area contributed by atoms with Gasteiger partial charge in [0.25, 0.3) is 5.91 Å². The first-order valence-electron chi connectivity index (χ1n) is 6.00. The number of hydrogen-bond acceptors (Lipinski definition) is 1. The maximum atomic E-state index is 13.5. The number of allylic oxidation sites excluding steroid dienone is 1. The first kappa shape index (κ1) is 16.2. The number of unbranched alkanes of at least 4 members (excludes halogenated alkanes) is 1. The molecule has 0 aliphatic carbocycles. The number of rotatable bonds is 5. The number of carbonyl (C=O) groups excluding carboxylic acids is 1. The van der Waals surface area contributed by atoms with Crippen molar-refractivity contribution in [3.63, 3.8) is 0 Å². The van der Waals surface area contributed by atoms with Crippen LogP contribution in [0.15, 0.2) is 30.9 Å². The van der Waals surface area contributed by atoms with Gasteiger partial charge in [0.1, 0.15) is 5.82 Å². The van der Waals surface area contributed by atoms with Gasteiger partial charge in [-0.15, -0.1) is 6.58 Å². The molecular formula is C14H15F4NO. The van der Waals surface area contributed by atoms with Crippen molar-refractivity contribution in [1.82, 2.24) is 4.90 Å².